The average Bonchev–Trinajstić information content (AvgIpc) is 2.41. The lowest BCUT2D eigenvalue weighted by Crippen LogP contribution is -2.47. The van der Waals surface area contributed by atoms with E-state index in [-0.39, 0.29) is 5.54 Å². The lowest BCUT2D eigenvalue weighted by atomic mass is 9.74. The van der Waals surface area contributed by atoms with Crippen LogP contribution in [0.2, 0.25) is 0 Å². The van der Waals surface area contributed by atoms with Crippen molar-refractivity contribution in [1.29, 1.82) is 0 Å². The molecule has 2 aliphatic carbocycles. The van der Waals surface area contributed by atoms with E-state index in [1.807, 2.05) is 7.05 Å². The van der Waals surface area contributed by atoms with Gasteiger partial charge in [0.2, 0.25) is 0 Å². The first-order chi connectivity index (χ1) is 8.26. The number of hydrogen-bond acceptors (Lipinski definition) is 2. The maximum atomic E-state index is 12.4. The Labute approximate surface area is 106 Å². The van der Waals surface area contributed by atoms with Crippen LogP contribution in [0.1, 0.15) is 70.6 Å². The number of hydrogen-bond donors (Lipinski definition) is 1. The summed E-state index contributed by atoms with van der Waals surface area (Å²) in [6.07, 6.45) is 13.3. The van der Waals surface area contributed by atoms with E-state index < -0.39 is 0 Å². The molecule has 2 saturated carbocycles. The van der Waals surface area contributed by atoms with Crippen molar-refractivity contribution in [3.05, 3.63) is 0 Å². The van der Waals surface area contributed by atoms with Gasteiger partial charge in [0.05, 0.1) is 0 Å². The number of rotatable bonds is 4. The predicted molar refractivity (Wildman–Crippen MR) is 71.1 cm³/mol. The summed E-state index contributed by atoms with van der Waals surface area (Å²) in [5, 5.41) is 3.47. The zero-order valence-electron chi connectivity index (χ0n) is 11.3. The highest BCUT2D eigenvalue weighted by Gasteiger charge is 2.34. The molecule has 17 heavy (non-hydrogen) atoms. The molecule has 0 radical (unpaired) electrons. The first-order valence-corrected chi connectivity index (χ1v) is 7.47. The van der Waals surface area contributed by atoms with Gasteiger partial charge in [-0.05, 0) is 32.7 Å². The monoisotopic (exact) mass is 237 g/mol. The van der Waals surface area contributed by atoms with Crippen LogP contribution in [0.3, 0.4) is 0 Å². The fourth-order valence-corrected chi connectivity index (χ4v) is 3.65. The number of ketones is 1. The van der Waals surface area contributed by atoms with E-state index in [1.165, 1.54) is 51.4 Å². The third kappa shape index (κ3) is 3.31. The van der Waals surface area contributed by atoms with Crippen molar-refractivity contribution in [2.45, 2.75) is 76.2 Å². The van der Waals surface area contributed by atoms with Gasteiger partial charge >= 0.3 is 0 Å². The average molecular weight is 237 g/mol. The predicted octanol–water partition coefficient (Wildman–Crippen LogP) is 3.45. The van der Waals surface area contributed by atoms with Crippen molar-refractivity contribution in [3.63, 3.8) is 0 Å². The van der Waals surface area contributed by atoms with E-state index in [0.29, 0.717) is 11.7 Å². The van der Waals surface area contributed by atoms with E-state index in [4.69, 9.17) is 0 Å². The Bertz CT molecular complexity index is 250. The van der Waals surface area contributed by atoms with Crippen molar-refractivity contribution >= 4 is 5.78 Å². The van der Waals surface area contributed by atoms with Crippen molar-refractivity contribution in [2.75, 3.05) is 7.05 Å². The molecule has 0 bridgehead atoms. The minimum Gasteiger partial charge on any atom is -0.314 e. The second-order valence-corrected chi connectivity index (χ2v) is 6.07. The molecule has 2 rings (SSSR count). The molecular weight excluding hydrogens is 210 g/mol. The molecule has 0 aromatic rings. The minimum atomic E-state index is 0.146. The molecule has 0 heterocycles. The highest BCUT2D eigenvalue weighted by Crippen LogP contribution is 2.34. The second-order valence-electron chi connectivity index (χ2n) is 6.07. The van der Waals surface area contributed by atoms with Gasteiger partial charge in [0.15, 0.2) is 0 Å². The fraction of sp³-hybridized carbons (Fsp3) is 0.933. The van der Waals surface area contributed by atoms with Crippen molar-refractivity contribution < 1.29 is 4.79 Å². The summed E-state index contributed by atoms with van der Waals surface area (Å²) in [7, 11) is 2.04. The van der Waals surface area contributed by atoms with E-state index in [2.05, 4.69) is 5.32 Å². The van der Waals surface area contributed by atoms with Crippen molar-refractivity contribution in [2.24, 2.45) is 5.92 Å². The lowest BCUT2D eigenvalue weighted by molar-refractivity contribution is -0.125. The number of carbonyl (C=O) groups is 1. The summed E-state index contributed by atoms with van der Waals surface area (Å²) >= 11 is 0. The Hall–Kier alpha value is -0.370. The maximum Gasteiger partial charge on any atom is 0.137 e. The topological polar surface area (TPSA) is 29.1 Å². The standard InChI is InChI=1S/C15H27NO/c1-16-15(10-6-3-7-11-15)12-14(17)13-8-4-2-5-9-13/h13,16H,2-12H2,1H3. The Morgan fingerprint density at radius 2 is 1.65 bits per heavy atom. The first kappa shape index (κ1) is 13.1. The number of nitrogens with one attached hydrogen (secondary N) is 1. The van der Waals surface area contributed by atoms with Crippen molar-refractivity contribution in [3.8, 4) is 0 Å². The van der Waals surface area contributed by atoms with Crippen LogP contribution in [0.4, 0.5) is 0 Å². The molecule has 0 atom stereocenters. The summed E-state index contributed by atoms with van der Waals surface area (Å²) in [5.41, 5.74) is 0.146. The summed E-state index contributed by atoms with van der Waals surface area (Å²) in [4.78, 5) is 12.4. The van der Waals surface area contributed by atoms with Gasteiger partial charge in [-0.15, -0.1) is 0 Å². The summed E-state index contributed by atoms with van der Waals surface area (Å²) in [5.74, 6) is 0.928. The lowest BCUT2D eigenvalue weighted by Gasteiger charge is -2.38. The Kier molecular flexibility index (Phi) is 4.61. The molecule has 0 aliphatic heterocycles. The zero-order chi connectivity index (χ0) is 12.1. The molecule has 0 aromatic heterocycles. The third-order valence-corrected chi connectivity index (χ3v) is 4.91. The second kappa shape index (κ2) is 5.99. The summed E-state index contributed by atoms with van der Waals surface area (Å²) in [6, 6.07) is 0. The Morgan fingerprint density at radius 3 is 2.24 bits per heavy atom. The van der Waals surface area contributed by atoms with Gasteiger partial charge in [0.1, 0.15) is 5.78 Å². The van der Waals surface area contributed by atoms with Gasteiger partial charge in [0.25, 0.3) is 0 Å². The van der Waals surface area contributed by atoms with Gasteiger partial charge in [0, 0.05) is 17.9 Å². The van der Waals surface area contributed by atoms with Crippen LogP contribution < -0.4 is 5.32 Å². The van der Waals surface area contributed by atoms with Gasteiger partial charge in [-0.3, -0.25) is 4.79 Å². The van der Waals surface area contributed by atoms with Crippen LogP contribution in [0.5, 0.6) is 0 Å². The fourth-order valence-electron chi connectivity index (χ4n) is 3.65. The first-order valence-electron chi connectivity index (χ1n) is 7.47. The van der Waals surface area contributed by atoms with Crippen LogP contribution in [-0.4, -0.2) is 18.4 Å². The van der Waals surface area contributed by atoms with Crippen LogP contribution in [-0.2, 0) is 4.79 Å². The molecule has 0 unspecified atom stereocenters. The highest BCUT2D eigenvalue weighted by molar-refractivity contribution is 5.82. The molecular formula is C15H27NO. The molecule has 0 aromatic carbocycles. The zero-order valence-corrected chi connectivity index (χ0v) is 11.3. The Morgan fingerprint density at radius 1 is 1.06 bits per heavy atom. The van der Waals surface area contributed by atoms with Gasteiger partial charge in [-0.25, -0.2) is 0 Å². The number of Topliss-reactive ketones (excluding diaryl/α,β-unsaturated/α-hetero) is 1. The van der Waals surface area contributed by atoms with E-state index in [0.717, 1.165) is 19.3 Å². The third-order valence-electron chi connectivity index (χ3n) is 4.91. The van der Waals surface area contributed by atoms with Crippen LogP contribution >= 0.6 is 0 Å². The van der Waals surface area contributed by atoms with Gasteiger partial charge < -0.3 is 5.32 Å². The van der Waals surface area contributed by atoms with Crippen molar-refractivity contribution in [1.82, 2.24) is 5.32 Å². The molecule has 0 saturated heterocycles. The minimum absolute atomic E-state index is 0.146. The molecule has 1 N–H and O–H groups in total. The van der Waals surface area contributed by atoms with E-state index >= 15 is 0 Å². The summed E-state index contributed by atoms with van der Waals surface area (Å²) < 4.78 is 0. The van der Waals surface area contributed by atoms with Gasteiger partial charge in [-0.1, -0.05) is 38.5 Å². The molecule has 0 spiro atoms. The molecule has 2 heteroatoms. The van der Waals surface area contributed by atoms with Crippen LogP contribution in [0.25, 0.3) is 0 Å². The SMILES string of the molecule is CNC1(CC(=O)C2CCCCC2)CCCCC1. The molecule has 2 aliphatic rings. The molecule has 2 nitrogen and oxygen atoms in total. The normalized spacial score (nSPS) is 25.7. The summed E-state index contributed by atoms with van der Waals surface area (Å²) in [6.45, 7) is 0. The molecule has 0 amide bonds. The van der Waals surface area contributed by atoms with E-state index in [9.17, 15) is 4.79 Å². The maximum absolute atomic E-state index is 12.4. The highest BCUT2D eigenvalue weighted by atomic mass is 16.1. The quantitative estimate of drug-likeness (QED) is 0.811. The Balaban J connectivity index is 1.90. The number of carbonyl (C=O) groups excluding carboxylic acids is 1. The van der Waals surface area contributed by atoms with E-state index in [1.54, 1.807) is 0 Å². The largest absolute Gasteiger partial charge is 0.314 e. The van der Waals surface area contributed by atoms with Crippen LogP contribution in [0, 0.1) is 5.92 Å². The molecule has 2 fully saturated rings. The van der Waals surface area contributed by atoms with Gasteiger partial charge in [-0.2, -0.15) is 0 Å². The smallest absolute Gasteiger partial charge is 0.137 e. The molecule has 98 valence electrons. The van der Waals surface area contributed by atoms with Crippen LogP contribution in [0.15, 0.2) is 0 Å².